The molecule has 2 rings (SSSR count). The number of nitrogens with zero attached hydrogens (tertiary/aromatic N) is 3. The Kier molecular flexibility index (Phi) is 3.91. The number of carboxylic acids is 1. The summed E-state index contributed by atoms with van der Waals surface area (Å²) in [5.74, 6) is -0.378. The van der Waals surface area contributed by atoms with Gasteiger partial charge in [-0.05, 0) is 28.1 Å². The Bertz CT molecular complexity index is 589. The van der Waals surface area contributed by atoms with Crippen LogP contribution in [0.25, 0.3) is 0 Å². The normalized spacial score (nSPS) is 23.7. The van der Waals surface area contributed by atoms with Gasteiger partial charge in [0.1, 0.15) is 5.54 Å². The minimum absolute atomic E-state index is 0.0497. The molecule has 11 heteroatoms. The Morgan fingerprint density at radius 1 is 1.63 bits per heavy atom. The first kappa shape index (κ1) is 14.8. The van der Waals surface area contributed by atoms with E-state index in [0.29, 0.717) is 5.75 Å². The Hall–Kier alpha value is -0.650. The predicted molar refractivity (Wildman–Crippen MR) is 71.3 cm³/mol. The van der Waals surface area contributed by atoms with Crippen LogP contribution in [0.1, 0.15) is 6.42 Å². The van der Waals surface area contributed by atoms with Gasteiger partial charge in [-0.25, -0.2) is 13.1 Å². The average molecular weight is 371 g/mol. The molecule has 1 aliphatic heterocycles. The Balaban J connectivity index is 2.39. The fourth-order valence-corrected chi connectivity index (χ4v) is 5.67. The smallest absolute Gasteiger partial charge is 0.325 e. The van der Waals surface area contributed by atoms with Gasteiger partial charge in [0.15, 0.2) is 4.60 Å². The lowest BCUT2D eigenvalue weighted by molar-refractivity contribution is -0.142. The molecule has 1 unspecified atom stereocenters. The molecule has 1 aliphatic rings. The van der Waals surface area contributed by atoms with Crippen molar-refractivity contribution in [1.29, 1.82) is 0 Å². The molecule has 1 atom stereocenters. The second-order valence-corrected chi connectivity index (χ2v) is 7.56. The van der Waals surface area contributed by atoms with E-state index in [1.54, 1.807) is 0 Å². The first-order valence-electron chi connectivity index (χ1n) is 5.19. The summed E-state index contributed by atoms with van der Waals surface area (Å²) < 4.78 is 28.0. The molecule has 1 saturated heterocycles. The summed E-state index contributed by atoms with van der Waals surface area (Å²) in [7, 11) is -2.60. The van der Waals surface area contributed by atoms with Crippen LogP contribution in [0, 0.1) is 0 Å². The van der Waals surface area contributed by atoms with Gasteiger partial charge in [-0.3, -0.25) is 4.79 Å². The van der Waals surface area contributed by atoms with E-state index in [4.69, 9.17) is 0 Å². The van der Waals surface area contributed by atoms with Gasteiger partial charge in [-0.1, -0.05) is 5.21 Å². The van der Waals surface area contributed by atoms with Crippen LogP contribution >= 0.6 is 27.7 Å². The van der Waals surface area contributed by atoms with Crippen molar-refractivity contribution in [2.24, 2.45) is 7.05 Å². The minimum atomic E-state index is -4.02. The predicted octanol–water partition coefficient (Wildman–Crippen LogP) is -0.184. The number of rotatable bonds is 4. The molecule has 1 fully saturated rings. The Morgan fingerprint density at radius 3 is 2.74 bits per heavy atom. The van der Waals surface area contributed by atoms with Gasteiger partial charge in [-0.2, -0.15) is 16.5 Å². The second kappa shape index (κ2) is 5.04. The number of aryl methyl sites for hydroxylation is 1. The van der Waals surface area contributed by atoms with Gasteiger partial charge in [0.2, 0.25) is 5.03 Å². The molecule has 0 amide bonds. The molecular weight excluding hydrogens is 360 g/mol. The van der Waals surface area contributed by atoms with Crippen molar-refractivity contribution in [2.45, 2.75) is 17.0 Å². The summed E-state index contributed by atoms with van der Waals surface area (Å²) in [5, 5.41) is 16.2. The number of nitrogens with one attached hydrogen (secondary N) is 1. The van der Waals surface area contributed by atoms with Crippen molar-refractivity contribution in [3.63, 3.8) is 0 Å². The third kappa shape index (κ3) is 2.64. The summed E-state index contributed by atoms with van der Waals surface area (Å²) in [6.45, 7) is 0. The molecule has 0 bridgehead atoms. The highest BCUT2D eigenvalue weighted by Crippen LogP contribution is 2.30. The number of aromatic nitrogens is 3. The van der Waals surface area contributed by atoms with E-state index in [1.807, 2.05) is 0 Å². The van der Waals surface area contributed by atoms with Gasteiger partial charge < -0.3 is 5.11 Å². The van der Waals surface area contributed by atoms with Crippen LogP contribution in [-0.4, -0.2) is 51.5 Å². The van der Waals surface area contributed by atoms with E-state index in [1.165, 1.54) is 18.8 Å². The molecule has 2 N–H and O–H groups in total. The molecule has 2 heterocycles. The summed E-state index contributed by atoms with van der Waals surface area (Å²) in [6, 6.07) is 0. The van der Waals surface area contributed by atoms with Crippen LogP contribution < -0.4 is 4.72 Å². The van der Waals surface area contributed by atoms with Crippen LogP contribution in [0.2, 0.25) is 0 Å². The van der Waals surface area contributed by atoms with Crippen LogP contribution in [0.4, 0.5) is 0 Å². The number of carboxylic acid groups (broad SMARTS) is 1. The van der Waals surface area contributed by atoms with Gasteiger partial charge >= 0.3 is 5.97 Å². The zero-order valence-corrected chi connectivity index (χ0v) is 13.0. The zero-order valence-electron chi connectivity index (χ0n) is 9.83. The van der Waals surface area contributed by atoms with Crippen molar-refractivity contribution in [1.82, 2.24) is 19.7 Å². The average Bonchev–Trinajstić information content (AvgIpc) is 2.86. The standard InChI is InChI=1S/C8H11BrN4O4S2/c1-13-6(5(9)10-12-13)19(16,17)11-8(7(14)15)2-3-18-4-8/h11H,2-4H2,1H3,(H,14,15). The maximum Gasteiger partial charge on any atom is 0.325 e. The molecule has 1 aromatic heterocycles. The zero-order chi connectivity index (χ0) is 14.3. The lowest BCUT2D eigenvalue weighted by Crippen LogP contribution is -2.54. The SMILES string of the molecule is Cn1nnc(Br)c1S(=O)(=O)NC1(C(=O)O)CCSC1. The van der Waals surface area contributed by atoms with E-state index in [9.17, 15) is 18.3 Å². The molecule has 0 aromatic carbocycles. The molecule has 0 aliphatic carbocycles. The largest absolute Gasteiger partial charge is 0.480 e. The monoisotopic (exact) mass is 370 g/mol. The molecule has 0 radical (unpaired) electrons. The molecule has 19 heavy (non-hydrogen) atoms. The highest BCUT2D eigenvalue weighted by Gasteiger charge is 2.46. The Labute approximate surface area is 122 Å². The number of sulfonamides is 1. The number of aliphatic carboxylic acids is 1. The van der Waals surface area contributed by atoms with Crippen molar-refractivity contribution >= 4 is 43.7 Å². The first-order chi connectivity index (χ1) is 8.78. The van der Waals surface area contributed by atoms with Crippen molar-refractivity contribution in [3.8, 4) is 0 Å². The molecule has 8 nitrogen and oxygen atoms in total. The highest BCUT2D eigenvalue weighted by molar-refractivity contribution is 9.10. The third-order valence-corrected chi connectivity index (χ3v) is 6.36. The molecule has 106 valence electrons. The number of thioether (sulfide) groups is 1. The topological polar surface area (TPSA) is 114 Å². The van der Waals surface area contributed by atoms with Crippen molar-refractivity contribution in [3.05, 3.63) is 4.60 Å². The van der Waals surface area contributed by atoms with E-state index in [-0.39, 0.29) is 21.8 Å². The maximum atomic E-state index is 12.3. The van der Waals surface area contributed by atoms with Crippen LogP contribution in [0.5, 0.6) is 0 Å². The number of hydrogen-bond acceptors (Lipinski definition) is 6. The van der Waals surface area contributed by atoms with Crippen LogP contribution in [-0.2, 0) is 21.9 Å². The summed E-state index contributed by atoms with van der Waals surface area (Å²) in [4.78, 5) is 11.4. The second-order valence-electron chi connectivity index (χ2n) is 4.10. The van der Waals surface area contributed by atoms with E-state index in [0.717, 1.165) is 4.68 Å². The molecular formula is C8H11BrN4O4S2. The molecule has 0 spiro atoms. The fraction of sp³-hybridized carbons (Fsp3) is 0.625. The van der Waals surface area contributed by atoms with E-state index >= 15 is 0 Å². The third-order valence-electron chi connectivity index (χ3n) is 2.75. The minimum Gasteiger partial charge on any atom is -0.480 e. The lowest BCUT2D eigenvalue weighted by Gasteiger charge is -2.24. The van der Waals surface area contributed by atoms with Gasteiger partial charge in [0.25, 0.3) is 10.0 Å². The Morgan fingerprint density at radius 2 is 2.32 bits per heavy atom. The maximum absolute atomic E-state index is 12.3. The fourth-order valence-electron chi connectivity index (χ4n) is 1.77. The van der Waals surface area contributed by atoms with Crippen molar-refractivity contribution in [2.75, 3.05) is 11.5 Å². The summed E-state index contributed by atoms with van der Waals surface area (Å²) >= 11 is 4.39. The van der Waals surface area contributed by atoms with Gasteiger partial charge in [0.05, 0.1) is 0 Å². The number of carbonyl (C=O) groups is 1. The van der Waals surface area contributed by atoms with Gasteiger partial charge in [-0.15, -0.1) is 5.10 Å². The highest BCUT2D eigenvalue weighted by atomic mass is 79.9. The first-order valence-corrected chi connectivity index (χ1v) is 8.62. The van der Waals surface area contributed by atoms with Crippen molar-refractivity contribution < 1.29 is 18.3 Å². The lowest BCUT2D eigenvalue weighted by atomic mass is 10.0. The van der Waals surface area contributed by atoms with E-state index in [2.05, 4.69) is 31.0 Å². The summed E-state index contributed by atoms with van der Waals surface area (Å²) in [6.07, 6.45) is 0.245. The van der Waals surface area contributed by atoms with Gasteiger partial charge in [0, 0.05) is 12.8 Å². The number of hydrogen-bond donors (Lipinski definition) is 2. The number of halogens is 1. The van der Waals surface area contributed by atoms with Crippen LogP contribution in [0.3, 0.4) is 0 Å². The molecule has 0 saturated carbocycles. The van der Waals surface area contributed by atoms with Crippen LogP contribution in [0.15, 0.2) is 9.63 Å². The summed E-state index contributed by atoms with van der Waals surface area (Å²) in [5.41, 5.74) is -1.47. The molecule has 1 aromatic rings. The quantitative estimate of drug-likeness (QED) is 0.754. The van der Waals surface area contributed by atoms with E-state index < -0.39 is 21.5 Å².